The number of fused-ring (bicyclic) bond motifs is 2. The molecule has 33 heavy (non-hydrogen) atoms. The smallest absolute Gasteiger partial charge is 0.175 e. The van der Waals surface area contributed by atoms with Crippen molar-refractivity contribution in [2.24, 2.45) is 0 Å². The van der Waals surface area contributed by atoms with Crippen LogP contribution in [-0.4, -0.2) is 35.6 Å². The van der Waals surface area contributed by atoms with Crippen LogP contribution in [0.1, 0.15) is 27.9 Å². The standard InChI is InChI=1S/C28H29N3O2/c1-20-24(17-21-7-3-2-4-8-21)27-25(31(20)19-26-32-15-16-33-26)11-13-29-28(27)30-14-12-22-9-5-6-10-23(22)18-30/h2-11,13,26H,12,14-19H2,1H3. The van der Waals surface area contributed by atoms with Crippen molar-refractivity contribution in [2.75, 3.05) is 24.7 Å². The van der Waals surface area contributed by atoms with E-state index in [1.54, 1.807) is 0 Å². The van der Waals surface area contributed by atoms with Crippen LogP contribution in [-0.2, 0) is 35.4 Å². The first-order valence-corrected chi connectivity index (χ1v) is 11.8. The van der Waals surface area contributed by atoms with Gasteiger partial charge in [-0.05, 0) is 48.1 Å². The molecule has 0 aliphatic carbocycles. The lowest BCUT2D eigenvalue weighted by Crippen LogP contribution is -2.31. The maximum Gasteiger partial charge on any atom is 0.175 e. The molecule has 0 atom stereocenters. The summed E-state index contributed by atoms with van der Waals surface area (Å²) in [5.41, 5.74) is 7.98. The summed E-state index contributed by atoms with van der Waals surface area (Å²) in [6.07, 6.45) is 3.69. The number of hydrogen-bond donors (Lipinski definition) is 0. The van der Waals surface area contributed by atoms with Crippen LogP contribution in [0.25, 0.3) is 10.9 Å². The largest absolute Gasteiger partial charge is 0.351 e. The topological polar surface area (TPSA) is 39.5 Å². The summed E-state index contributed by atoms with van der Waals surface area (Å²) in [6, 6.07) is 21.6. The molecule has 168 valence electrons. The predicted molar refractivity (Wildman–Crippen MR) is 131 cm³/mol. The van der Waals surface area contributed by atoms with Gasteiger partial charge in [-0.15, -0.1) is 0 Å². The highest BCUT2D eigenvalue weighted by atomic mass is 16.7. The number of benzene rings is 2. The fourth-order valence-electron chi connectivity index (χ4n) is 5.31. The molecule has 5 nitrogen and oxygen atoms in total. The van der Waals surface area contributed by atoms with Gasteiger partial charge in [-0.3, -0.25) is 0 Å². The Morgan fingerprint density at radius 1 is 0.939 bits per heavy atom. The third-order valence-corrected chi connectivity index (χ3v) is 7.02. The van der Waals surface area contributed by atoms with Gasteiger partial charge in [0.25, 0.3) is 0 Å². The van der Waals surface area contributed by atoms with Gasteiger partial charge in [0.05, 0.1) is 25.3 Å². The van der Waals surface area contributed by atoms with E-state index in [2.05, 4.69) is 77.1 Å². The molecule has 0 amide bonds. The number of ether oxygens (including phenoxy) is 2. The number of rotatable bonds is 5. The van der Waals surface area contributed by atoms with Gasteiger partial charge in [-0.1, -0.05) is 54.6 Å². The summed E-state index contributed by atoms with van der Waals surface area (Å²) in [7, 11) is 0. The van der Waals surface area contributed by atoms with Crippen LogP contribution in [0.4, 0.5) is 5.82 Å². The van der Waals surface area contributed by atoms with Gasteiger partial charge in [0, 0.05) is 30.4 Å². The van der Waals surface area contributed by atoms with Gasteiger partial charge in [0.1, 0.15) is 5.82 Å². The molecule has 0 N–H and O–H groups in total. The van der Waals surface area contributed by atoms with E-state index in [0.29, 0.717) is 19.8 Å². The van der Waals surface area contributed by atoms with Crippen molar-refractivity contribution in [3.8, 4) is 0 Å². The number of pyridine rings is 1. The Morgan fingerprint density at radius 3 is 2.52 bits per heavy atom. The van der Waals surface area contributed by atoms with Crippen LogP contribution < -0.4 is 4.90 Å². The zero-order chi connectivity index (χ0) is 22.2. The molecular formula is C28H29N3O2. The second-order valence-electron chi connectivity index (χ2n) is 8.98. The van der Waals surface area contributed by atoms with Crippen molar-refractivity contribution in [1.29, 1.82) is 0 Å². The van der Waals surface area contributed by atoms with Gasteiger partial charge in [0.15, 0.2) is 6.29 Å². The lowest BCUT2D eigenvalue weighted by molar-refractivity contribution is -0.0520. The first kappa shape index (κ1) is 20.5. The molecule has 2 aromatic heterocycles. The van der Waals surface area contributed by atoms with E-state index in [4.69, 9.17) is 14.5 Å². The molecule has 0 radical (unpaired) electrons. The molecule has 2 aliphatic rings. The quantitative estimate of drug-likeness (QED) is 0.445. The Hall–Kier alpha value is -3.15. The van der Waals surface area contributed by atoms with Crippen molar-refractivity contribution in [2.45, 2.75) is 39.1 Å². The zero-order valence-corrected chi connectivity index (χ0v) is 19.0. The van der Waals surface area contributed by atoms with Crippen LogP contribution in [0, 0.1) is 6.92 Å². The third-order valence-electron chi connectivity index (χ3n) is 7.02. The van der Waals surface area contributed by atoms with E-state index in [1.165, 1.54) is 38.9 Å². The van der Waals surface area contributed by atoms with E-state index in [9.17, 15) is 0 Å². The maximum absolute atomic E-state index is 5.80. The fourth-order valence-corrected chi connectivity index (χ4v) is 5.31. The van der Waals surface area contributed by atoms with Gasteiger partial charge >= 0.3 is 0 Å². The lowest BCUT2D eigenvalue weighted by atomic mass is 9.98. The summed E-state index contributed by atoms with van der Waals surface area (Å²) < 4.78 is 14.0. The molecule has 4 aromatic rings. The van der Waals surface area contributed by atoms with Crippen molar-refractivity contribution < 1.29 is 9.47 Å². The van der Waals surface area contributed by atoms with Crippen LogP contribution >= 0.6 is 0 Å². The minimum Gasteiger partial charge on any atom is -0.351 e. The van der Waals surface area contributed by atoms with Crippen molar-refractivity contribution in [3.63, 3.8) is 0 Å². The highest BCUT2D eigenvalue weighted by Gasteiger charge is 2.26. The maximum atomic E-state index is 5.80. The van der Waals surface area contributed by atoms with E-state index in [-0.39, 0.29) is 6.29 Å². The zero-order valence-electron chi connectivity index (χ0n) is 19.0. The van der Waals surface area contributed by atoms with Crippen LogP contribution in [0.5, 0.6) is 0 Å². The molecule has 0 unspecified atom stereocenters. The Kier molecular flexibility index (Phi) is 5.36. The molecule has 0 spiro atoms. The summed E-state index contributed by atoms with van der Waals surface area (Å²) >= 11 is 0. The molecule has 1 saturated heterocycles. The second kappa shape index (κ2) is 8.65. The average Bonchev–Trinajstić information content (AvgIpc) is 3.47. The van der Waals surface area contributed by atoms with Crippen LogP contribution in [0.3, 0.4) is 0 Å². The predicted octanol–water partition coefficient (Wildman–Crippen LogP) is 4.87. The minimum atomic E-state index is -0.192. The fraction of sp³-hybridized carbons (Fsp3) is 0.321. The Morgan fingerprint density at radius 2 is 1.70 bits per heavy atom. The first-order chi connectivity index (χ1) is 16.3. The lowest BCUT2D eigenvalue weighted by Gasteiger charge is -2.30. The molecule has 0 saturated carbocycles. The van der Waals surface area contributed by atoms with E-state index in [1.807, 2.05) is 6.20 Å². The number of anilines is 1. The van der Waals surface area contributed by atoms with Crippen molar-refractivity contribution in [1.82, 2.24) is 9.55 Å². The molecule has 4 heterocycles. The monoisotopic (exact) mass is 439 g/mol. The Balaban J connectivity index is 1.47. The van der Waals surface area contributed by atoms with Gasteiger partial charge in [-0.25, -0.2) is 4.98 Å². The summed E-state index contributed by atoms with van der Waals surface area (Å²) in [4.78, 5) is 7.39. The molecular weight excluding hydrogens is 410 g/mol. The Bertz CT molecular complexity index is 1280. The van der Waals surface area contributed by atoms with Crippen molar-refractivity contribution >= 4 is 16.7 Å². The normalized spacial score (nSPS) is 16.5. The van der Waals surface area contributed by atoms with E-state index < -0.39 is 0 Å². The average molecular weight is 440 g/mol. The van der Waals surface area contributed by atoms with Gasteiger partial charge in [0.2, 0.25) is 0 Å². The van der Waals surface area contributed by atoms with Gasteiger partial charge in [-0.2, -0.15) is 0 Å². The number of hydrogen-bond acceptors (Lipinski definition) is 4. The van der Waals surface area contributed by atoms with E-state index >= 15 is 0 Å². The SMILES string of the molecule is Cc1c(Cc2ccccc2)c2c(N3CCc4ccccc4C3)nccc2n1CC1OCCO1. The Labute approximate surface area is 194 Å². The van der Waals surface area contributed by atoms with Gasteiger partial charge < -0.3 is 18.9 Å². The summed E-state index contributed by atoms with van der Waals surface area (Å²) in [5, 5.41) is 1.26. The first-order valence-electron chi connectivity index (χ1n) is 11.8. The molecule has 1 fully saturated rings. The molecule has 5 heteroatoms. The summed E-state index contributed by atoms with van der Waals surface area (Å²) in [5.74, 6) is 1.09. The van der Waals surface area contributed by atoms with Crippen LogP contribution in [0.15, 0.2) is 66.9 Å². The third kappa shape index (κ3) is 3.81. The minimum absolute atomic E-state index is 0.192. The van der Waals surface area contributed by atoms with Crippen molar-refractivity contribution in [3.05, 3.63) is 94.8 Å². The molecule has 0 bridgehead atoms. The number of aromatic nitrogens is 2. The van der Waals surface area contributed by atoms with Crippen LogP contribution in [0.2, 0.25) is 0 Å². The second-order valence-corrected chi connectivity index (χ2v) is 8.98. The molecule has 2 aromatic carbocycles. The summed E-state index contributed by atoms with van der Waals surface area (Å²) in [6.45, 7) is 6.13. The molecule has 6 rings (SSSR count). The molecule has 2 aliphatic heterocycles. The number of nitrogens with zero attached hydrogens (tertiary/aromatic N) is 3. The highest BCUT2D eigenvalue weighted by molar-refractivity contribution is 5.95. The highest BCUT2D eigenvalue weighted by Crippen LogP contribution is 2.36. The van der Waals surface area contributed by atoms with E-state index in [0.717, 1.165) is 31.7 Å².